The second-order valence-electron chi connectivity index (χ2n) is 8.28. The number of ether oxygens (including phenoxy) is 2. The van der Waals surface area contributed by atoms with Crippen molar-refractivity contribution in [2.75, 3.05) is 6.54 Å². The van der Waals surface area contributed by atoms with Gasteiger partial charge in [0.1, 0.15) is 34.1 Å². The van der Waals surface area contributed by atoms with E-state index in [0.717, 1.165) is 33.0 Å². The maximum Gasteiger partial charge on any atom is 0.218 e. The Morgan fingerprint density at radius 2 is 2.00 bits per heavy atom. The number of aromatic nitrogens is 2. The molecule has 1 unspecified atom stereocenters. The van der Waals surface area contributed by atoms with Gasteiger partial charge in [0.2, 0.25) is 5.91 Å². The van der Waals surface area contributed by atoms with Crippen molar-refractivity contribution in [2.24, 2.45) is 10.7 Å². The van der Waals surface area contributed by atoms with Crippen molar-refractivity contribution in [3.63, 3.8) is 0 Å². The molecule has 35 heavy (non-hydrogen) atoms. The summed E-state index contributed by atoms with van der Waals surface area (Å²) in [7, 11) is 0. The fourth-order valence-electron chi connectivity index (χ4n) is 3.79. The van der Waals surface area contributed by atoms with Crippen LogP contribution in [0.3, 0.4) is 0 Å². The third-order valence-corrected chi connectivity index (χ3v) is 6.88. The highest BCUT2D eigenvalue weighted by Gasteiger charge is 2.24. The first-order valence-corrected chi connectivity index (χ1v) is 12.3. The Labute approximate surface area is 211 Å². The first-order valence-electron chi connectivity index (χ1n) is 11.1. The first kappa shape index (κ1) is 23.3. The van der Waals surface area contributed by atoms with Crippen molar-refractivity contribution < 1.29 is 14.3 Å². The lowest BCUT2D eigenvalue weighted by Gasteiger charge is -2.11. The van der Waals surface area contributed by atoms with Crippen LogP contribution in [0.25, 0.3) is 10.9 Å². The normalized spacial score (nSPS) is 15.3. The molecule has 0 bridgehead atoms. The van der Waals surface area contributed by atoms with Gasteiger partial charge in [-0.15, -0.1) is 0 Å². The zero-order valence-corrected chi connectivity index (χ0v) is 20.5. The molecule has 4 aromatic rings. The highest BCUT2D eigenvalue weighted by atomic mass is 35.5. The number of halogens is 1. The number of amides is 1. The summed E-state index contributed by atoms with van der Waals surface area (Å²) >= 11 is 7.58. The number of aryl methyl sites for hydroxylation is 1. The predicted molar refractivity (Wildman–Crippen MR) is 140 cm³/mol. The number of pyridine rings is 1. The predicted octanol–water partition coefficient (Wildman–Crippen LogP) is 5.63. The molecule has 3 heterocycles. The molecular weight excluding hydrogens is 484 g/mol. The summed E-state index contributed by atoms with van der Waals surface area (Å²) in [6, 6.07) is 19.1. The van der Waals surface area contributed by atoms with Gasteiger partial charge in [-0.25, -0.2) is 4.98 Å². The highest BCUT2D eigenvalue weighted by molar-refractivity contribution is 8.15. The van der Waals surface area contributed by atoms with Crippen molar-refractivity contribution in [3.8, 4) is 17.2 Å². The lowest BCUT2D eigenvalue weighted by Crippen LogP contribution is -2.18. The van der Waals surface area contributed by atoms with Crippen LogP contribution in [0.4, 0.5) is 0 Å². The van der Waals surface area contributed by atoms with Crippen molar-refractivity contribution >= 4 is 45.2 Å². The van der Waals surface area contributed by atoms with E-state index in [9.17, 15) is 4.79 Å². The number of nitrogens with one attached hydrogen (secondary N) is 1. The Balaban J connectivity index is 1.46. The second kappa shape index (κ2) is 10.0. The van der Waals surface area contributed by atoms with E-state index in [0.29, 0.717) is 35.3 Å². The van der Waals surface area contributed by atoms with Gasteiger partial charge < -0.3 is 20.2 Å². The molecule has 1 aliphatic heterocycles. The number of nitrogens with two attached hydrogens (primary N) is 1. The molecule has 0 aliphatic carbocycles. The van der Waals surface area contributed by atoms with Gasteiger partial charge in [0.05, 0.1) is 23.4 Å². The standard InChI is InChI=1S/C26H23ClN4O3S/c1-15-5-7-18(8-6-15)34-19-9-16-10-21(26-29-13-20(35-26)12-24(28)32)31-25(16)22(11-19)33-14-17-3-2-4-23(27)30-17/h2-11,20,31H,12-14H2,1H3,(H2,28,32). The van der Waals surface area contributed by atoms with Gasteiger partial charge in [0, 0.05) is 23.1 Å². The smallest absolute Gasteiger partial charge is 0.218 e. The molecule has 2 aromatic carbocycles. The van der Waals surface area contributed by atoms with E-state index in [1.807, 2.05) is 61.5 Å². The quantitative estimate of drug-likeness (QED) is 0.301. The number of hydrogen-bond acceptors (Lipinski definition) is 6. The average molecular weight is 507 g/mol. The average Bonchev–Trinajstić information content (AvgIpc) is 3.46. The second-order valence-corrected chi connectivity index (χ2v) is 9.96. The van der Waals surface area contributed by atoms with E-state index in [1.165, 1.54) is 0 Å². The number of H-pyrrole nitrogens is 1. The number of hydrogen-bond donors (Lipinski definition) is 2. The molecule has 1 aliphatic rings. The molecule has 0 saturated carbocycles. The minimum absolute atomic E-state index is 0.0546. The van der Waals surface area contributed by atoms with E-state index < -0.39 is 0 Å². The maximum atomic E-state index is 11.3. The third-order valence-electron chi connectivity index (χ3n) is 5.45. The number of benzene rings is 2. The SMILES string of the molecule is Cc1ccc(Oc2cc(OCc3cccc(Cl)n3)c3[nH]c(C4=NCC(CC(N)=O)S4)cc3c2)cc1. The summed E-state index contributed by atoms with van der Waals surface area (Å²) < 4.78 is 12.3. The van der Waals surface area contributed by atoms with Gasteiger partial charge in [-0.2, -0.15) is 0 Å². The van der Waals surface area contributed by atoms with Crippen LogP contribution in [0.5, 0.6) is 17.2 Å². The molecule has 178 valence electrons. The largest absolute Gasteiger partial charge is 0.485 e. The Morgan fingerprint density at radius 3 is 2.77 bits per heavy atom. The molecule has 9 heteroatoms. The lowest BCUT2D eigenvalue weighted by molar-refractivity contribution is -0.117. The number of fused-ring (bicyclic) bond motifs is 1. The molecule has 5 rings (SSSR count). The number of aromatic amines is 1. The summed E-state index contributed by atoms with van der Waals surface area (Å²) in [6.45, 7) is 2.84. The van der Waals surface area contributed by atoms with Crippen LogP contribution < -0.4 is 15.2 Å². The molecular formula is C26H23ClN4O3S. The molecule has 2 aromatic heterocycles. The number of aliphatic imine (C=N–C) groups is 1. The topological polar surface area (TPSA) is 103 Å². The number of rotatable bonds is 8. The molecule has 0 radical (unpaired) electrons. The summed E-state index contributed by atoms with van der Waals surface area (Å²) in [5.74, 6) is 1.68. The van der Waals surface area contributed by atoms with E-state index in [4.69, 9.17) is 26.8 Å². The lowest BCUT2D eigenvalue weighted by atomic mass is 10.2. The van der Waals surface area contributed by atoms with E-state index >= 15 is 0 Å². The van der Waals surface area contributed by atoms with Crippen molar-refractivity contribution in [1.82, 2.24) is 9.97 Å². The van der Waals surface area contributed by atoms with Gasteiger partial charge in [-0.1, -0.05) is 47.1 Å². The Bertz CT molecular complexity index is 1420. The van der Waals surface area contributed by atoms with Gasteiger partial charge in [-0.05, 0) is 43.3 Å². The maximum absolute atomic E-state index is 11.3. The van der Waals surface area contributed by atoms with Gasteiger partial charge in [0.25, 0.3) is 0 Å². The first-order chi connectivity index (χ1) is 16.9. The molecule has 7 nitrogen and oxygen atoms in total. The monoisotopic (exact) mass is 506 g/mol. The Kier molecular flexibility index (Phi) is 6.66. The van der Waals surface area contributed by atoms with E-state index in [1.54, 1.807) is 17.8 Å². The van der Waals surface area contributed by atoms with Crippen LogP contribution in [-0.4, -0.2) is 32.7 Å². The van der Waals surface area contributed by atoms with Crippen molar-refractivity contribution in [2.45, 2.75) is 25.2 Å². The number of carbonyl (C=O) groups is 1. The van der Waals surface area contributed by atoms with E-state index in [2.05, 4.69) is 15.0 Å². The van der Waals surface area contributed by atoms with Crippen molar-refractivity contribution in [1.29, 1.82) is 0 Å². The minimum atomic E-state index is -0.321. The van der Waals surface area contributed by atoms with Crippen LogP contribution in [0, 0.1) is 6.92 Å². The van der Waals surface area contributed by atoms with Crippen LogP contribution in [0.2, 0.25) is 5.15 Å². The summed E-state index contributed by atoms with van der Waals surface area (Å²) in [5.41, 5.74) is 8.91. The Hall–Kier alpha value is -3.49. The van der Waals surface area contributed by atoms with Crippen molar-refractivity contribution in [3.05, 3.63) is 82.8 Å². The third kappa shape index (κ3) is 5.61. The molecule has 0 spiro atoms. The highest BCUT2D eigenvalue weighted by Crippen LogP contribution is 2.36. The molecule has 3 N–H and O–H groups in total. The van der Waals surface area contributed by atoms with Gasteiger partial charge >= 0.3 is 0 Å². The van der Waals surface area contributed by atoms with Gasteiger partial charge in [0.15, 0.2) is 0 Å². The molecule has 1 amide bonds. The zero-order chi connectivity index (χ0) is 24.4. The molecule has 0 saturated heterocycles. The van der Waals surface area contributed by atoms with Crippen LogP contribution in [0.15, 0.2) is 65.7 Å². The van der Waals surface area contributed by atoms with Crippen LogP contribution in [0.1, 0.15) is 23.4 Å². The summed E-state index contributed by atoms with van der Waals surface area (Å²) in [4.78, 5) is 23.7. The number of thioether (sulfide) groups is 1. The van der Waals surface area contributed by atoms with Gasteiger partial charge in [-0.3, -0.25) is 9.79 Å². The fourth-order valence-corrected chi connectivity index (χ4v) is 5.07. The Morgan fingerprint density at radius 1 is 1.17 bits per heavy atom. The van der Waals surface area contributed by atoms with Crippen LogP contribution in [-0.2, 0) is 11.4 Å². The zero-order valence-electron chi connectivity index (χ0n) is 19.0. The van der Waals surface area contributed by atoms with E-state index in [-0.39, 0.29) is 17.8 Å². The molecule has 0 fully saturated rings. The minimum Gasteiger partial charge on any atom is -0.485 e. The van der Waals surface area contributed by atoms with Crippen LogP contribution >= 0.6 is 23.4 Å². The molecule has 1 atom stereocenters. The summed E-state index contributed by atoms with van der Waals surface area (Å²) in [6.07, 6.45) is 0.299. The number of carbonyl (C=O) groups excluding carboxylic acids is 1. The number of nitrogens with zero attached hydrogens (tertiary/aromatic N) is 2. The summed E-state index contributed by atoms with van der Waals surface area (Å²) in [5, 5.41) is 2.23. The number of primary amides is 1. The fraction of sp³-hybridized carbons (Fsp3) is 0.192.